The van der Waals surface area contributed by atoms with E-state index in [4.69, 9.17) is 5.11 Å². The van der Waals surface area contributed by atoms with E-state index in [0.29, 0.717) is 31.4 Å². The van der Waals surface area contributed by atoms with Crippen molar-refractivity contribution in [1.29, 1.82) is 0 Å². The Hall–Kier alpha value is -2.71. The van der Waals surface area contributed by atoms with Crippen molar-refractivity contribution in [2.24, 2.45) is 0 Å². The fourth-order valence-electron chi connectivity index (χ4n) is 3.66. The molecule has 0 saturated heterocycles. The van der Waals surface area contributed by atoms with Gasteiger partial charge in [-0.3, -0.25) is 4.79 Å². The molecule has 0 atom stereocenters. The molecule has 2 aliphatic heterocycles. The predicted octanol–water partition coefficient (Wildman–Crippen LogP) is 1.70. The van der Waals surface area contributed by atoms with E-state index in [9.17, 15) is 18.0 Å². The lowest BCUT2D eigenvalue weighted by atomic mass is 10.00. The highest BCUT2D eigenvalue weighted by Crippen LogP contribution is 2.38. The molecule has 140 valence electrons. The average Bonchev–Trinajstić information content (AvgIpc) is 3.09. The van der Waals surface area contributed by atoms with Crippen LogP contribution in [0.25, 0.3) is 0 Å². The molecule has 0 aliphatic carbocycles. The van der Waals surface area contributed by atoms with Crippen molar-refractivity contribution < 1.29 is 23.1 Å². The Kier molecular flexibility index (Phi) is 4.24. The highest BCUT2D eigenvalue weighted by molar-refractivity contribution is 7.89. The number of carboxylic acid groups (broad SMARTS) is 1. The largest absolute Gasteiger partial charge is 0.478 e. The molecule has 0 radical (unpaired) electrons. The molecular weight excluding hydrogens is 368 g/mol. The second-order valence-corrected chi connectivity index (χ2v) is 8.48. The van der Waals surface area contributed by atoms with Crippen LogP contribution in [0, 0.1) is 0 Å². The quantitative estimate of drug-likeness (QED) is 0.814. The number of aromatic carboxylic acids is 1. The number of nitrogens with one attached hydrogen (secondary N) is 1. The number of sulfonamides is 1. The first-order valence-corrected chi connectivity index (χ1v) is 10.1. The molecule has 2 heterocycles. The van der Waals surface area contributed by atoms with Crippen molar-refractivity contribution in [1.82, 2.24) is 4.72 Å². The second kappa shape index (κ2) is 6.47. The Morgan fingerprint density at radius 3 is 2.59 bits per heavy atom. The van der Waals surface area contributed by atoms with Crippen LogP contribution in [0.4, 0.5) is 5.69 Å². The summed E-state index contributed by atoms with van der Waals surface area (Å²) in [6, 6.07) is 9.43. The zero-order chi connectivity index (χ0) is 19.2. The van der Waals surface area contributed by atoms with Crippen LogP contribution in [0.1, 0.15) is 33.5 Å². The first-order valence-electron chi connectivity index (χ1n) is 8.63. The summed E-state index contributed by atoms with van der Waals surface area (Å²) in [5, 5.41) is 9.04. The SMILES string of the molecule is O=C(O)c1cccc(CNS(=O)(=O)c2cc3c4c(c2)CCN4C(=O)CC3)c1. The van der Waals surface area contributed by atoms with Crippen LogP contribution in [0.15, 0.2) is 41.3 Å². The summed E-state index contributed by atoms with van der Waals surface area (Å²) in [5.41, 5.74) is 3.32. The van der Waals surface area contributed by atoms with Gasteiger partial charge in [0.2, 0.25) is 15.9 Å². The third kappa shape index (κ3) is 3.22. The van der Waals surface area contributed by atoms with Gasteiger partial charge in [-0.25, -0.2) is 17.9 Å². The summed E-state index contributed by atoms with van der Waals surface area (Å²) in [6.45, 7) is 0.598. The van der Waals surface area contributed by atoms with Gasteiger partial charge in [-0.05, 0) is 53.8 Å². The van der Waals surface area contributed by atoms with Crippen molar-refractivity contribution in [2.45, 2.75) is 30.7 Å². The molecule has 2 aromatic carbocycles. The molecule has 0 bridgehead atoms. The zero-order valence-corrected chi connectivity index (χ0v) is 15.3. The van der Waals surface area contributed by atoms with E-state index in [2.05, 4.69) is 4.72 Å². The van der Waals surface area contributed by atoms with Gasteiger partial charge in [-0.2, -0.15) is 0 Å². The number of rotatable bonds is 5. The summed E-state index contributed by atoms with van der Waals surface area (Å²) in [7, 11) is -3.75. The smallest absolute Gasteiger partial charge is 0.335 e. The molecule has 8 heteroatoms. The Morgan fingerprint density at radius 1 is 1.11 bits per heavy atom. The second-order valence-electron chi connectivity index (χ2n) is 6.72. The topological polar surface area (TPSA) is 104 Å². The van der Waals surface area contributed by atoms with Crippen molar-refractivity contribution in [3.8, 4) is 0 Å². The third-order valence-corrected chi connectivity index (χ3v) is 6.36. The molecule has 0 spiro atoms. The molecule has 0 saturated carbocycles. The maximum Gasteiger partial charge on any atom is 0.335 e. The van der Waals surface area contributed by atoms with Crippen molar-refractivity contribution in [3.05, 3.63) is 58.7 Å². The van der Waals surface area contributed by atoms with Crippen molar-refractivity contribution in [3.63, 3.8) is 0 Å². The molecular formula is C19H18N2O5S. The van der Waals surface area contributed by atoms with E-state index in [1.165, 1.54) is 12.1 Å². The van der Waals surface area contributed by atoms with Gasteiger partial charge < -0.3 is 10.0 Å². The van der Waals surface area contributed by atoms with Gasteiger partial charge in [0.1, 0.15) is 0 Å². The minimum Gasteiger partial charge on any atom is -0.478 e. The highest BCUT2D eigenvalue weighted by Gasteiger charge is 2.32. The average molecular weight is 386 g/mol. The fraction of sp³-hybridized carbons (Fsp3) is 0.263. The number of nitrogens with zero attached hydrogens (tertiary/aromatic N) is 1. The van der Waals surface area contributed by atoms with E-state index in [1.54, 1.807) is 29.2 Å². The lowest BCUT2D eigenvalue weighted by Gasteiger charge is -2.25. The van der Waals surface area contributed by atoms with Crippen LogP contribution in [0.2, 0.25) is 0 Å². The van der Waals surface area contributed by atoms with Gasteiger partial charge in [0.15, 0.2) is 0 Å². The number of carbonyl (C=O) groups is 2. The Labute approximate surface area is 156 Å². The molecule has 27 heavy (non-hydrogen) atoms. The summed E-state index contributed by atoms with van der Waals surface area (Å²) >= 11 is 0. The maximum atomic E-state index is 12.7. The number of amides is 1. The van der Waals surface area contributed by atoms with Gasteiger partial charge in [-0.15, -0.1) is 0 Å². The number of hydrogen-bond donors (Lipinski definition) is 2. The summed E-state index contributed by atoms with van der Waals surface area (Å²) in [6.07, 6.45) is 1.59. The van der Waals surface area contributed by atoms with Crippen LogP contribution in [-0.4, -0.2) is 31.9 Å². The van der Waals surface area contributed by atoms with E-state index in [0.717, 1.165) is 16.8 Å². The van der Waals surface area contributed by atoms with Crippen LogP contribution in [-0.2, 0) is 34.2 Å². The lowest BCUT2D eigenvalue weighted by Crippen LogP contribution is -2.33. The number of anilines is 1. The van der Waals surface area contributed by atoms with Crippen molar-refractivity contribution in [2.75, 3.05) is 11.4 Å². The molecule has 2 aromatic rings. The van der Waals surface area contributed by atoms with Crippen LogP contribution in [0.5, 0.6) is 0 Å². The standard InChI is InChI=1S/C19H18N2O5S/c22-17-5-4-13-9-16(10-14-6-7-21(17)18(13)14)27(25,26)20-11-12-2-1-3-15(8-12)19(23)24/h1-3,8-10,20H,4-7,11H2,(H,23,24). The number of carboxylic acids is 1. The highest BCUT2D eigenvalue weighted by atomic mass is 32.2. The molecule has 4 rings (SSSR count). The van der Waals surface area contributed by atoms with Crippen LogP contribution < -0.4 is 9.62 Å². The lowest BCUT2D eigenvalue weighted by molar-refractivity contribution is -0.118. The summed E-state index contributed by atoms with van der Waals surface area (Å²) in [5.74, 6) is -0.968. The number of aryl methyl sites for hydroxylation is 1. The predicted molar refractivity (Wildman–Crippen MR) is 98.2 cm³/mol. The number of benzene rings is 2. The monoisotopic (exact) mass is 386 g/mol. The first kappa shape index (κ1) is 17.7. The molecule has 1 amide bonds. The van der Waals surface area contributed by atoms with Crippen LogP contribution in [0.3, 0.4) is 0 Å². The molecule has 2 aliphatic rings. The number of hydrogen-bond acceptors (Lipinski definition) is 4. The maximum absolute atomic E-state index is 12.7. The first-order chi connectivity index (χ1) is 12.8. The Balaban J connectivity index is 1.59. The fourth-order valence-corrected chi connectivity index (χ4v) is 4.78. The van der Waals surface area contributed by atoms with E-state index < -0.39 is 16.0 Å². The summed E-state index contributed by atoms with van der Waals surface area (Å²) in [4.78, 5) is 25.0. The van der Waals surface area contributed by atoms with Gasteiger partial charge in [0.25, 0.3) is 0 Å². The Bertz CT molecular complexity index is 1060. The molecule has 0 aromatic heterocycles. The molecule has 2 N–H and O–H groups in total. The van der Waals surface area contributed by atoms with Crippen molar-refractivity contribution >= 4 is 27.6 Å². The van der Waals surface area contributed by atoms with Gasteiger partial charge in [-0.1, -0.05) is 12.1 Å². The number of carbonyl (C=O) groups excluding carboxylic acids is 1. The molecule has 0 unspecified atom stereocenters. The zero-order valence-electron chi connectivity index (χ0n) is 14.4. The molecule has 0 fully saturated rings. The molecule has 7 nitrogen and oxygen atoms in total. The van der Waals surface area contributed by atoms with E-state index in [-0.39, 0.29) is 22.9 Å². The van der Waals surface area contributed by atoms with Gasteiger partial charge >= 0.3 is 5.97 Å². The Morgan fingerprint density at radius 2 is 1.85 bits per heavy atom. The summed E-state index contributed by atoms with van der Waals surface area (Å²) < 4.78 is 28.0. The van der Waals surface area contributed by atoms with Crippen LogP contribution >= 0.6 is 0 Å². The third-order valence-electron chi connectivity index (χ3n) is 4.98. The normalized spacial score (nSPS) is 15.7. The minimum absolute atomic E-state index is 0.000479. The van der Waals surface area contributed by atoms with Gasteiger partial charge in [0.05, 0.1) is 16.1 Å². The van der Waals surface area contributed by atoms with Gasteiger partial charge in [0, 0.05) is 19.5 Å². The van der Waals surface area contributed by atoms with E-state index >= 15 is 0 Å². The minimum atomic E-state index is -3.75. The van der Waals surface area contributed by atoms with E-state index in [1.807, 2.05) is 0 Å².